The predicted molar refractivity (Wildman–Crippen MR) is 65.7 cm³/mol. The van der Waals surface area contributed by atoms with Gasteiger partial charge in [-0.2, -0.15) is 0 Å². The Morgan fingerprint density at radius 3 is 2.00 bits per heavy atom. The molecular formula is C10H11Cl4Ti. The Bertz CT molecular complexity index is 307. The molecule has 0 aliphatic rings. The number of benzene rings is 1. The van der Waals surface area contributed by atoms with Gasteiger partial charge in [0.1, 0.15) is 0 Å². The maximum absolute atomic E-state index is 5.97. The zero-order valence-corrected chi connectivity index (χ0v) is 13.3. The summed E-state index contributed by atoms with van der Waals surface area (Å²) in [5.74, 6) is 0. The van der Waals surface area contributed by atoms with Crippen LogP contribution in [-0.2, 0) is 22.4 Å². The van der Waals surface area contributed by atoms with E-state index in [2.05, 4.69) is 26.8 Å². The second kappa shape index (κ2) is 7.43. The molecule has 15 heavy (non-hydrogen) atoms. The zero-order valence-electron chi connectivity index (χ0n) is 8.67. The molecule has 0 saturated carbocycles. The molecule has 0 aliphatic carbocycles. The van der Waals surface area contributed by atoms with Gasteiger partial charge in [-0.25, -0.2) is 0 Å². The third kappa shape index (κ3) is 6.41. The minimum atomic E-state index is -0.556. The van der Waals surface area contributed by atoms with Crippen LogP contribution in [-0.4, -0.2) is 0 Å². The summed E-state index contributed by atoms with van der Waals surface area (Å²) in [5, 5.41) is 1.34. The molecule has 0 heterocycles. The average molecular weight is 321 g/mol. The molecule has 0 fully saturated rings. The molecule has 0 atom stereocenters. The fraction of sp³-hybridized carbons (Fsp3) is 0.400. The first-order chi connectivity index (χ1) is 6.82. The third-order valence-electron chi connectivity index (χ3n) is 1.66. The molecule has 0 bridgehead atoms. The fourth-order valence-corrected chi connectivity index (χ4v) is 1.55. The van der Waals surface area contributed by atoms with E-state index in [0.29, 0.717) is 10.0 Å². The first-order valence-corrected chi connectivity index (χ1v) is 9.21. The predicted octanol–water partition coefficient (Wildman–Crippen LogP) is 5.47. The summed E-state index contributed by atoms with van der Waals surface area (Å²) in [6, 6.07) is 6.48. The van der Waals surface area contributed by atoms with Crippen LogP contribution in [0.15, 0.2) is 12.1 Å². The van der Waals surface area contributed by atoms with E-state index in [0.717, 1.165) is 5.56 Å². The molecular weight excluding hydrogens is 310 g/mol. The molecule has 0 amide bonds. The van der Waals surface area contributed by atoms with E-state index in [-0.39, 0.29) is 5.41 Å². The molecule has 0 N–H and O–H groups in total. The van der Waals surface area contributed by atoms with Crippen LogP contribution in [0.2, 0.25) is 10.0 Å². The zero-order chi connectivity index (χ0) is 12.1. The normalized spacial score (nSPS) is 10.3. The molecule has 1 rings (SSSR count). The van der Waals surface area contributed by atoms with Crippen molar-refractivity contribution in [2.45, 2.75) is 26.2 Å². The standard InChI is InChI=1S/C10H11Cl2.2ClH.Ti/c1-10(2,3)8-6-7(11)4-5-9(8)12;;;/h4,6H,1-3H3;2*1H;/q;;;+2/p-2. The van der Waals surface area contributed by atoms with Crippen molar-refractivity contribution in [1.82, 2.24) is 0 Å². The van der Waals surface area contributed by atoms with Crippen LogP contribution in [0.25, 0.3) is 0 Å². The van der Waals surface area contributed by atoms with Crippen molar-refractivity contribution in [3.05, 3.63) is 33.8 Å². The molecule has 0 nitrogen and oxygen atoms in total. The second-order valence-electron chi connectivity index (χ2n) is 3.87. The van der Waals surface area contributed by atoms with Crippen molar-refractivity contribution in [3.8, 4) is 0 Å². The van der Waals surface area contributed by atoms with Crippen LogP contribution < -0.4 is 0 Å². The molecule has 0 spiro atoms. The Morgan fingerprint density at radius 2 is 1.67 bits per heavy atom. The summed E-state index contributed by atoms with van der Waals surface area (Å²) in [4.78, 5) is 0. The van der Waals surface area contributed by atoms with E-state index < -0.39 is 17.0 Å². The molecule has 0 aromatic heterocycles. The summed E-state index contributed by atoms with van der Waals surface area (Å²) in [5.41, 5.74) is 1.06. The first kappa shape index (κ1) is 16.1. The van der Waals surface area contributed by atoms with E-state index in [1.54, 1.807) is 6.07 Å². The van der Waals surface area contributed by atoms with Gasteiger partial charge >= 0.3 is 35.6 Å². The average Bonchev–Trinajstić information content (AvgIpc) is 2.09. The number of halogens is 4. The summed E-state index contributed by atoms with van der Waals surface area (Å²) >= 11 is 11.2. The van der Waals surface area contributed by atoms with Crippen molar-refractivity contribution in [2.75, 3.05) is 0 Å². The van der Waals surface area contributed by atoms with Crippen molar-refractivity contribution >= 4 is 41.8 Å². The monoisotopic (exact) mass is 319 g/mol. The van der Waals surface area contributed by atoms with Crippen molar-refractivity contribution in [2.24, 2.45) is 0 Å². The van der Waals surface area contributed by atoms with E-state index in [9.17, 15) is 0 Å². The van der Waals surface area contributed by atoms with Crippen molar-refractivity contribution in [1.29, 1.82) is 0 Å². The molecule has 83 valence electrons. The van der Waals surface area contributed by atoms with Crippen molar-refractivity contribution < 1.29 is 17.0 Å². The van der Waals surface area contributed by atoms with Crippen LogP contribution in [0, 0.1) is 6.07 Å². The van der Waals surface area contributed by atoms with Gasteiger partial charge in [0.2, 0.25) is 0 Å². The van der Waals surface area contributed by atoms with Gasteiger partial charge in [-0.3, -0.25) is 0 Å². The first-order valence-electron chi connectivity index (χ1n) is 4.16. The van der Waals surface area contributed by atoms with Gasteiger partial charge in [0.25, 0.3) is 0 Å². The topological polar surface area (TPSA) is 0 Å². The molecule has 5 heteroatoms. The summed E-state index contributed by atoms with van der Waals surface area (Å²) < 4.78 is 0. The van der Waals surface area contributed by atoms with E-state index in [4.69, 9.17) is 41.8 Å². The van der Waals surface area contributed by atoms with E-state index >= 15 is 0 Å². The van der Waals surface area contributed by atoms with Gasteiger partial charge in [0.05, 0.1) is 5.02 Å². The van der Waals surface area contributed by atoms with Crippen molar-refractivity contribution in [3.63, 3.8) is 0 Å². The van der Waals surface area contributed by atoms with Gasteiger partial charge in [-0.1, -0.05) is 44.0 Å². The number of hydrogen-bond donors (Lipinski definition) is 0. The minimum absolute atomic E-state index is 0.0263. The van der Waals surface area contributed by atoms with Crippen LogP contribution in [0.4, 0.5) is 0 Å². The summed E-state index contributed by atoms with van der Waals surface area (Å²) in [6.07, 6.45) is 0. The SMILES string of the molecule is CC(C)(C)c1cc(Cl)c[c]c1Cl.[Cl][Ti][Cl]. The van der Waals surface area contributed by atoms with Gasteiger partial charge in [-0.15, -0.1) is 0 Å². The molecule has 0 saturated heterocycles. The van der Waals surface area contributed by atoms with E-state index in [1.807, 2.05) is 6.07 Å². The molecule has 1 aromatic carbocycles. The molecule has 0 aliphatic heterocycles. The van der Waals surface area contributed by atoms with Crippen LogP contribution in [0.3, 0.4) is 0 Å². The fourth-order valence-electron chi connectivity index (χ4n) is 0.999. The summed E-state index contributed by atoms with van der Waals surface area (Å²) in [7, 11) is 9.78. The van der Waals surface area contributed by atoms with Gasteiger partial charge < -0.3 is 0 Å². The van der Waals surface area contributed by atoms with Crippen LogP contribution in [0.1, 0.15) is 26.3 Å². The quantitative estimate of drug-likeness (QED) is 0.556. The Balaban J connectivity index is 0.000000583. The van der Waals surface area contributed by atoms with Gasteiger partial charge in [-0.05, 0) is 23.1 Å². The van der Waals surface area contributed by atoms with Gasteiger partial charge in [0, 0.05) is 11.1 Å². The Labute approximate surface area is 118 Å². The number of rotatable bonds is 0. The third-order valence-corrected chi connectivity index (χ3v) is 2.19. The Hall–Kier alpha value is 1.09. The van der Waals surface area contributed by atoms with E-state index in [1.165, 1.54) is 0 Å². The second-order valence-corrected chi connectivity index (χ2v) is 7.26. The maximum atomic E-state index is 5.97. The molecule has 0 unspecified atom stereocenters. The van der Waals surface area contributed by atoms with Crippen LogP contribution in [0.5, 0.6) is 0 Å². The number of hydrogen-bond acceptors (Lipinski definition) is 0. The Morgan fingerprint density at radius 1 is 1.20 bits per heavy atom. The van der Waals surface area contributed by atoms with Gasteiger partial charge in [0.15, 0.2) is 0 Å². The molecule has 1 radical (unpaired) electrons. The Kier molecular flexibility index (Phi) is 7.97. The molecule has 1 aromatic rings. The summed E-state index contributed by atoms with van der Waals surface area (Å²) in [6.45, 7) is 6.29. The van der Waals surface area contributed by atoms with Crippen LogP contribution >= 0.6 is 41.8 Å².